The quantitative estimate of drug-likeness (QED) is 0.470. The zero-order valence-electron chi connectivity index (χ0n) is 19.0. The molecule has 2 amide bonds. The van der Waals surface area contributed by atoms with Crippen LogP contribution in [0.25, 0.3) is 11.1 Å². The maximum absolute atomic E-state index is 12.8. The number of hydrogen-bond donors (Lipinski definition) is 3. The largest absolute Gasteiger partial charge is 0.497 e. The van der Waals surface area contributed by atoms with Gasteiger partial charge in [-0.3, -0.25) is 10.1 Å². The van der Waals surface area contributed by atoms with Crippen molar-refractivity contribution in [1.29, 1.82) is 0 Å². The zero-order chi connectivity index (χ0) is 24.6. The molecule has 3 N–H and O–H groups in total. The van der Waals surface area contributed by atoms with Crippen molar-refractivity contribution in [3.05, 3.63) is 83.4 Å². The summed E-state index contributed by atoms with van der Waals surface area (Å²) < 4.78 is 10.8. The molecule has 5 rings (SSSR count). The van der Waals surface area contributed by atoms with E-state index < -0.39 is 23.5 Å². The van der Waals surface area contributed by atoms with E-state index in [1.807, 2.05) is 36.4 Å². The van der Waals surface area contributed by atoms with Gasteiger partial charge in [0.15, 0.2) is 0 Å². The Bertz CT molecular complexity index is 1290. The van der Waals surface area contributed by atoms with E-state index in [2.05, 4.69) is 22.8 Å². The number of methoxy groups -OCH3 is 1. The number of carbonyl (C=O) groups is 3. The highest BCUT2D eigenvalue weighted by atomic mass is 16.5. The van der Waals surface area contributed by atoms with E-state index in [4.69, 9.17) is 9.47 Å². The molecule has 0 bridgehead atoms. The molecule has 0 heterocycles. The van der Waals surface area contributed by atoms with E-state index in [0.717, 1.165) is 22.3 Å². The molecule has 0 unspecified atom stereocenters. The summed E-state index contributed by atoms with van der Waals surface area (Å²) in [6, 6.07) is 20.6. The Kier molecular flexibility index (Phi) is 5.64. The van der Waals surface area contributed by atoms with Gasteiger partial charge in [-0.2, -0.15) is 0 Å². The van der Waals surface area contributed by atoms with Crippen LogP contribution in [0.5, 0.6) is 5.75 Å². The van der Waals surface area contributed by atoms with Crippen LogP contribution in [0.2, 0.25) is 0 Å². The van der Waals surface area contributed by atoms with Crippen molar-refractivity contribution in [2.24, 2.45) is 0 Å². The predicted octanol–water partition coefficient (Wildman–Crippen LogP) is 4.40. The van der Waals surface area contributed by atoms with E-state index in [1.54, 1.807) is 6.07 Å². The second kappa shape index (κ2) is 8.79. The fraction of sp³-hybridized carbons (Fsp3) is 0.222. The summed E-state index contributed by atoms with van der Waals surface area (Å²) >= 11 is 0. The van der Waals surface area contributed by atoms with Gasteiger partial charge in [0.05, 0.1) is 18.4 Å². The van der Waals surface area contributed by atoms with Crippen LogP contribution in [0.3, 0.4) is 0 Å². The summed E-state index contributed by atoms with van der Waals surface area (Å²) in [7, 11) is 1.47. The smallest absolute Gasteiger partial charge is 0.411 e. The SMILES string of the molecule is COc1ccc(C(=O)NC2(C(=O)O)CC2)c(NC(=O)OCC2c3ccccc3-c3ccccc32)c1. The summed E-state index contributed by atoms with van der Waals surface area (Å²) in [6.45, 7) is 0.119. The molecule has 0 spiro atoms. The van der Waals surface area contributed by atoms with Gasteiger partial charge in [0, 0.05) is 12.0 Å². The maximum Gasteiger partial charge on any atom is 0.411 e. The van der Waals surface area contributed by atoms with Gasteiger partial charge in [0.2, 0.25) is 0 Å². The van der Waals surface area contributed by atoms with Crippen LogP contribution in [0.4, 0.5) is 10.5 Å². The van der Waals surface area contributed by atoms with Crippen LogP contribution in [0.1, 0.15) is 40.2 Å². The second-order valence-corrected chi connectivity index (χ2v) is 8.70. The predicted molar refractivity (Wildman–Crippen MR) is 129 cm³/mol. The van der Waals surface area contributed by atoms with Crippen LogP contribution in [-0.2, 0) is 9.53 Å². The molecule has 0 aromatic heterocycles. The van der Waals surface area contributed by atoms with Crippen LogP contribution < -0.4 is 15.4 Å². The van der Waals surface area contributed by atoms with Crippen molar-refractivity contribution in [3.63, 3.8) is 0 Å². The van der Waals surface area contributed by atoms with Gasteiger partial charge in [-0.1, -0.05) is 48.5 Å². The summed E-state index contributed by atoms with van der Waals surface area (Å²) in [6.07, 6.45) is -0.00724. The third kappa shape index (κ3) is 4.19. The van der Waals surface area contributed by atoms with Crippen LogP contribution in [-0.4, -0.2) is 42.3 Å². The Morgan fingerprint density at radius 1 is 0.971 bits per heavy atom. The standard InChI is InChI=1S/C27H24N2O6/c1-34-16-10-11-21(24(30)29-27(12-13-27)25(31)32)23(14-16)28-26(33)35-15-22-19-8-4-2-6-17(19)18-7-3-5-9-20(18)22/h2-11,14,22H,12-13,15H2,1H3,(H,28,33)(H,29,30)(H,31,32). The molecule has 0 aliphatic heterocycles. The number of ether oxygens (including phenoxy) is 2. The molecule has 0 atom stereocenters. The van der Waals surface area contributed by atoms with Crippen molar-refractivity contribution >= 4 is 23.7 Å². The van der Waals surface area contributed by atoms with Gasteiger partial charge in [-0.15, -0.1) is 0 Å². The molecule has 2 aliphatic rings. The minimum atomic E-state index is -1.25. The Morgan fingerprint density at radius 3 is 2.17 bits per heavy atom. The molecule has 35 heavy (non-hydrogen) atoms. The lowest BCUT2D eigenvalue weighted by atomic mass is 9.98. The average molecular weight is 472 g/mol. The van der Waals surface area contributed by atoms with Gasteiger partial charge in [0.1, 0.15) is 17.9 Å². The van der Waals surface area contributed by atoms with Crippen molar-refractivity contribution in [2.45, 2.75) is 24.3 Å². The summed E-state index contributed by atoms with van der Waals surface area (Å²) in [5.74, 6) is -1.35. The number of anilines is 1. The number of carboxylic acids is 1. The topological polar surface area (TPSA) is 114 Å². The highest BCUT2D eigenvalue weighted by Crippen LogP contribution is 2.44. The number of carbonyl (C=O) groups excluding carboxylic acids is 2. The number of fused-ring (bicyclic) bond motifs is 3. The number of nitrogens with one attached hydrogen (secondary N) is 2. The second-order valence-electron chi connectivity index (χ2n) is 8.70. The Morgan fingerprint density at radius 2 is 1.60 bits per heavy atom. The van der Waals surface area contributed by atoms with E-state index in [-0.39, 0.29) is 23.8 Å². The average Bonchev–Trinajstić information content (AvgIpc) is 3.58. The first-order valence-electron chi connectivity index (χ1n) is 11.3. The maximum atomic E-state index is 12.8. The minimum Gasteiger partial charge on any atom is -0.497 e. The van der Waals surface area contributed by atoms with Crippen molar-refractivity contribution in [1.82, 2.24) is 5.32 Å². The van der Waals surface area contributed by atoms with Gasteiger partial charge < -0.3 is 19.9 Å². The molecule has 8 heteroatoms. The Balaban J connectivity index is 1.32. The first-order chi connectivity index (χ1) is 16.9. The molecule has 3 aromatic rings. The molecule has 0 radical (unpaired) electrons. The van der Waals surface area contributed by atoms with Gasteiger partial charge in [-0.05, 0) is 47.2 Å². The van der Waals surface area contributed by atoms with Crippen LogP contribution >= 0.6 is 0 Å². The number of carboxylic acid groups (broad SMARTS) is 1. The fourth-order valence-corrected chi connectivity index (χ4v) is 4.50. The van der Waals surface area contributed by atoms with Crippen molar-refractivity contribution in [3.8, 4) is 16.9 Å². The molecule has 8 nitrogen and oxygen atoms in total. The zero-order valence-corrected chi connectivity index (χ0v) is 19.0. The molecule has 178 valence electrons. The molecule has 1 saturated carbocycles. The van der Waals surface area contributed by atoms with E-state index >= 15 is 0 Å². The molecular weight excluding hydrogens is 448 g/mol. The fourth-order valence-electron chi connectivity index (χ4n) is 4.50. The monoisotopic (exact) mass is 472 g/mol. The molecule has 1 fully saturated rings. The third-order valence-electron chi connectivity index (χ3n) is 6.56. The lowest BCUT2D eigenvalue weighted by Gasteiger charge is -2.17. The van der Waals surface area contributed by atoms with E-state index in [0.29, 0.717) is 18.6 Å². The van der Waals surface area contributed by atoms with Gasteiger partial charge >= 0.3 is 12.1 Å². The Labute approximate surface area is 201 Å². The summed E-state index contributed by atoms with van der Waals surface area (Å²) in [5, 5.41) is 14.6. The van der Waals surface area contributed by atoms with Crippen LogP contribution in [0, 0.1) is 0 Å². The minimum absolute atomic E-state index is 0.105. The van der Waals surface area contributed by atoms with Gasteiger partial charge in [-0.25, -0.2) is 9.59 Å². The molecule has 2 aliphatic carbocycles. The van der Waals surface area contributed by atoms with Crippen molar-refractivity contribution < 1.29 is 29.0 Å². The molecule has 3 aromatic carbocycles. The summed E-state index contributed by atoms with van der Waals surface area (Å²) in [5.41, 5.74) is 3.45. The lowest BCUT2D eigenvalue weighted by Crippen LogP contribution is -2.43. The number of aliphatic carboxylic acids is 1. The number of rotatable bonds is 7. The van der Waals surface area contributed by atoms with E-state index in [9.17, 15) is 19.5 Å². The van der Waals surface area contributed by atoms with Crippen LogP contribution in [0.15, 0.2) is 66.7 Å². The number of amides is 2. The summed E-state index contributed by atoms with van der Waals surface area (Å²) in [4.78, 5) is 37.1. The molecular formula is C27H24N2O6. The highest BCUT2D eigenvalue weighted by molar-refractivity contribution is 6.05. The Hall–Kier alpha value is -4.33. The first-order valence-corrected chi connectivity index (χ1v) is 11.3. The van der Waals surface area contributed by atoms with Gasteiger partial charge in [0.25, 0.3) is 5.91 Å². The van der Waals surface area contributed by atoms with Crippen molar-refractivity contribution in [2.75, 3.05) is 19.0 Å². The lowest BCUT2D eigenvalue weighted by molar-refractivity contribution is -0.140. The highest BCUT2D eigenvalue weighted by Gasteiger charge is 2.51. The number of benzene rings is 3. The third-order valence-corrected chi connectivity index (χ3v) is 6.56. The van der Waals surface area contributed by atoms with E-state index in [1.165, 1.54) is 19.2 Å². The normalized spacial score (nSPS) is 14.9. The first kappa shape index (κ1) is 22.5. The number of hydrogen-bond acceptors (Lipinski definition) is 5. The molecule has 0 saturated heterocycles.